The Hall–Kier alpha value is -3.55. The number of ether oxygens (including phenoxy) is 3. The van der Waals surface area contributed by atoms with Gasteiger partial charge in [0.25, 0.3) is 5.91 Å². The smallest absolute Gasteiger partial charge is 0.264 e. The summed E-state index contributed by atoms with van der Waals surface area (Å²) in [5, 5.41) is 9.35. The van der Waals surface area contributed by atoms with Crippen LogP contribution in [0.4, 0.5) is 5.95 Å². The van der Waals surface area contributed by atoms with Gasteiger partial charge in [-0.15, -0.1) is 5.10 Å². The number of benzene rings is 2. The molecule has 134 valence electrons. The summed E-state index contributed by atoms with van der Waals surface area (Å²) in [6.07, 6.45) is 0. The van der Waals surface area contributed by atoms with Crippen LogP contribution in [0.2, 0.25) is 0 Å². The van der Waals surface area contributed by atoms with Gasteiger partial charge in [-0.2, -0.15) is 4.98 Å². The van der Waals surface area contributed by atoms with Crippen molar-refractivity contribution in [2.24, 2.45) is 0 Å². The highest BCUT2D eigenvalue weighted by molar-refractivity contribution is 5.90. The zero-order valence-electron chi connectivity index (χ0n) is 14.4. The Balaban J connectivity index is 1.59. The molecule has 1 amide bonds. The lowest BCUT2D eigenvalue weighted by Gasteiger charge is -2.06. The number of carbonyl (C=O) groups is 1. The van der Waals surface area contributed by atoms with E-state index in [9.17, 15) is 4.79 Å². The second-order valence-electron chi connectivity index (χ2n) is 5.22. The molecular formula is C18H18N4O4. The Morgan fingerprint density at radius 1 is 1.04 bits per heavy atom. The molecule has 0 atom stereocenters. The van der Waals surface area contributed by atoms with Gasteiger partial charge in [-0.05, 0) is 36.4 Å². The fourth-order valence-corrected chi connectivity index (χ4v) is 2.26. The summed E-state index contributed by atoms with van der Waals surface area (Å²) in [4.78, 5) is 16.3. The van der Waals surface area contributed by atoms with E-state index in [-0.39, 0.29) is 18.5 Å². The first-order valence-electron chi connectivity index (χ1n) is 7.82. The molecule has 0 aliphatic carbocycles. The lowest BCUT2D eigenvalue weighted by molar-refractivity contribution is -0.118. The van der Waals surface area contributed by atoms with Crippen molar-refractivity contribution in [3.63, 3.8) is 0 Å². The van der Waals surface area contributed by atoms with Crippen LogP contribution in [0.25, 0.3) is 11.4 Å². The van der Waals surface area contributed by atoms with Crippen molar-refractivity contribution in [2.45, 2.75) is 0 Å². The molecule has 3 rings (SSSR count). The number of hydrogen-bond acceptors (Lipinski definition) is 6. The highest BCUT2D eigenvalue weighted by Gasteiger charge is 2.12. The number of nitrogens with zero attached hydrogens (tertiary/aromatic N) is 2. The molecule has 8 heteroatoms. The number of para-hydroxylation sites is 1. The van der Waals surface area contributed by atoms with Crippen molar-refractivity contribution < 1.29 is 19.0 Å². The minimum absolute atomic E-state index is 0.161. The molecule has 3 aromatic rings. The van der Waals surface area contributed by atoms with E-state index in [4.69, 9.17) is 14.2 Å². The standard InChI is InChI=1S/C18H18N4O4/c1-24-12-7-9-13(10-8-12)26-11-16(23)19-18-20-17(21-22-18)14-5-3-4-6-15(14)25-2/h3-10H,11H2,1-2H3,(H2,19,20,21,22,23). The number of amides is 1. The topological polar surface area (TPSA) is 98.4 Å². The third kappa shape index (κ3) is 4.10. The maximum absolute atomic E-state index is 12.0. The third-order valence-corrected chi connectivity index (χ3v) is 3.53. The van der Waals surface area contributed by atoms with E-state index in [0.29, 0.717) is 23.1 Å². The van der Waals surface area contributed by atoms with Crippen LogP contribution < -0.4 is 19.5 Å². The molecule has 0 spiro atoms. The molecule has 1 aromatic heterocycles. The number of H-pyrrole nitrogens is 1. The monoisotopic (exact) mass is 354 g/mol. The second-order valence-corrected chi connectivity index (χ2v) is 5.22. The summed E-state index contributed by atoms with van der Waals surface area (Å²) in [6.45, 7) is -0.162. The van der Waals surface area contributed by atoms with E-state index in [2.05, 4.69) is 20.5 Å². The van der Waals surface area contributed by atoms with Crippen LogP contribution in [0, 0.1) is 0 Å². The predicted molar refractivity (Wildman–Crippen MR) is 95.5 cm³/mol. The maximum atomic E-state index is 12.0. The number of anilines is 1. The average Bonchev–Trinajstić information content (AvgIpc) is 3.15. The summed E-state index contributed by atoms with van der Waals surface area (Å²) in [5.41, 5.74) is 0.748. The van der Waals surface area contributed by atoms with Gasteiger partial charge in [0.1, 0.15) is 17.2 Å². The number of methoxy groups -OCH3 is 2. The van der Waals surface area contributed by atoms with Crippen molar-refractivity contribution in [1.29, 1.82) is 0 Å². The summed E-state index contributed by atoms with van der Waals surface area (Å²) < 4.78 is 15.8. The second kappa shape index (κ2) is 8.02. The number of rotatable bonds is 7. The normalized spacial score (nSPS) is 10.2. The van der Waals surface area contributed by atoms with Gasteiger partial charge in [0.2, 0.25) is 5.95 Å². The molecule has 0 radical (unpaired) electrons. The summed E-state index contributed by atoms with van der Waals surface area (Å²) in [5.74, 6) is 2.22. The van der Waals surface area contributed by atoms with Gasteiger partial charge in [-0.25, -0.2) is 0 Å². The molecule has 0 saturated carbocycles. The summed E-state index contributed by atoms with van der Waals surface area (Å²) in [6, 6.07) is 14.3. The number of hydrogen-bond donors (Lipinski definition) is 2. The van der Waals surface area contributed by atoms with E-state index in [0.717, 1.165) is 5.56 Å². The van der Waals surface area contributed by atoms with Crippen molar-refractivity contribution >= 4 is 11.9 Å². The number of aromatic nitrogens is 3. The van der Waals surface area contributed by atoms with Gasteiger partial charge >= 0.3 is 0 Å². The van der Waals surface area contributed by atoms with Crippen molar-refractivity contribution in [1.82, 2.24) is 15.2 Å². The highest BCUT2D eigenvalue weighted by Crippen LogP contribution is 2.27. The molecule has 2 N–H and O–H groups in total. The first-order valence-corrected chi connectivity index (χ1v) is 7.82. The van der Waals surface area contributed by atoms with Crippen LogP contribution in [0.1, 0.15) is 0 Å². The first-order chi connectivity index (χ1) is 12.7. The highest BCUT2D eigenvalue weighted by atomic mass is 16.5. The van der Waals surface area contributed by atoms with E-state index >= 15 is 0 Å². The van der Waals surface area contributed by atoms with Crippen LogP contribution >= 0.6 is 0 Å². The van der Waals surface area contributed by atoms with Crippen LogP contribution in [0.15, 0.2) is 48.5 Å². The molecule has 0 unspecified atom stereocenters. The van der Waals surface area contributed by atoms with Crippen LogP contribution in [-0.2, 0) is 4.79 Å². The molecule has 26 heavy (non-hydrogen) atoms. The lowest BCUT2D eigenvalue weighted by atomic mass is 10.2. The fraction of sp³-hybridized carbons (Fsp3) is 0.167. The Morgan fingerprint density at radius 2 is 1.77 bits per heavy atom. The van der Waals surface area contributed by atoms with Gasteiger partial charge in [-0.1, -0.05) is 12.1 Å². The average molecular weight is 354 g/mol. The molecule has 0 fully saturated rings. The molecular weight excluding hydrogens is 336 g/mol. The van der Waals surface area contributed by atoms with Gasteiger partial charge in [0.05, 0.1) is 19.8 Å². The van der Waals surface area contributed by atoms with Crippen molar-refractivity contribution in [3.05, 3.63) is 48.5 Å². The van der Waals surface area contributed by atoms with Crippen LogP contribution in [0.5, 0.6) is 17.2 Å². The molecule has 8 nitrogen and oxygen atoms in total. The van der Waals surface area contributed by atoms with E-state index < -0.39 is 0 Å². The van der Waals surface area contributed by atoms with E-state index in [1.165, 1.54) is 0 Å². The van der Waals surface area contributed by atoms with Gasteiger partial charge < -0.3 is 14.2 Å². The molecule has 0 saturated heterocycles. The van der Waals surface area contributed by atoms with E-state index in [1.807, 2.05) is 24.3 Å². The van der Waals surface area contributed by atoms with Crippen LogP contribution in [-0.4, -0.2) is 41.9 Å². The molecule has 0 aliphatic rings. The zero-order chi connectivity index (χ0) is 18.4. The Morgan fingerprint density at radius 3 is 2.50 bits per heavy atom. The molecule has 1 heterocycles. The molecule has 2 aromatic carbocycles. The number of carbonyl (C=O) groups excluding carboxylic acids is 1. The van der Waals surface area contributed by atoms with Gasteiger partial charge in [0, 0.05) is 0 Å². The number of nitrogens with one attached hydrogen (secondary N) is 2. The quantitative estimate of drug-likeness (QED) is 0.676. The molecule has 0 bridgehead atoms. The third-order valence-electron chi connectivity index (χ3n) is 3.53. The van der Waals surface area contributed by atoms with Crippen molar-refractivity contribution in [2.75, 3.05) is 26.1 Å². The predicted octanol–water partition coefficient (Wildman–Crippen LogP) is 2.51. The van der Waals surface area contributed by atoms with Crippen LogP contribution in [0.3, 0.4) is 0 Å². The van der Waals surface area contributed by atoms with Gasteiger partial charge in [-0.3, -0.25) is 15.2 Å². The van der Waals surface area contributed by atoms with E-state index in [1.54, 1.807) is 38.5 Å². The lowest BCUT2D eigenvalue weighted by Crippen LogP contribution is -2.20. The Labute approximate surface area is 150 Å². The Kier molecular flexibility index (Phi) is 5.33. The minimum Gasteiger partial charge on any atom is -0.497 e. The first kappa shape index (κ1) is 17.3. The Bertz CT molecular complexity index is 877. The summed E-state index contributed by atoms with van der Waals surface area (Å²) >= 11 is 0. The molecule has 0 aliphatic heterocycles. The minimum atomic E-state index is -0.369. The largest absolute Gasteiger partial charge is 0.497 e. The van der Waals surface area contributed by atoms with Crippen molar-refractivity contribution in [3.8, 4) is 28.6 Å². The fourth-order valence-electron chi connectivity index (χ4n) is 2.26. The van der Waals surface area contributed by atoms with Gasteiger partial charge in [0.15, 0.2) is 12.4 Å². The summed E-state index contributed by atoms with van der Waals surface area (Å²) in [7, 11) is 3.16. The zero-order valence-corrected chi connectivity index (χ0v) is 14.4. The maximum Gasteiger partial charge on any atom is 0.264 e. The number of aromatic amines is 1. The SMILES string of the molecule is COc1ccc(OCC(=O)Nc2n[nH]c(-c3ccccc3OC)n2)cc1.